The summed E-state index contributed by atoms with van der Waals surface area (Å²) in [5, 5.41) is 0.689. The number of fused-ring (bicyclic) bond motifs is 1. The van der Waals surface area contributed by atoms with Gasteiger partial charge in [-0.1, -0.05) is 17.7 Å². The number of hydrogen-bond acceptors (Lipinski definition) is 5. The predicted octanol–water partition coefficient (Wildman–Crippen LogP) is 2.96. The molecule has 2 fully saturated rings. The van der Waals surface area contributed by atoms with Crippen molar-refractivity contribution in [2.75, 3.05) is 49.1 Å². The average Bonchev–Trinajstić information content (AvgIpc) is 3.64. The molecule has 8 nitrogen and oxygen atoms in total. The van der Waals surface area contributed by atoms with Gasteiger partial charge in [0.1, 0.15) is 0 Å². The van der Waals surface area contributed by atoms with Crippen molar-refractivity contribution in [1.29, 1.82) is 0 Å². The van der Waals surface area contributed by atoms with Gasteiger partial charge >= 0.3 is 0 Å². The minimum absolute atomic E-state index is 0.0398. The van der Waals surface area contributed by atoms with Gasteiger partial charge in [-0.15, -0.1) is 0 Å². The van der Waals surface area contributed by atoms with Gasteiger partial charge in [-0.2, -0.15) is 0 Å². The molecule has 0 atom stereocenters. The van der Waals surface area contributed by atoms with Crippen molar-refractivity contribution >= 4 is 44.8 Å². The van der Waals surface area contributed by atoms with Crippen molar-refractivity contribution in [2.24, 2.45) is 5.92 Å². The van der Waals surface area contributed by atoms with Gasteiger partial charge in [0.2, 0.25) is 21.8 Å². The summed E-state index contributed by atoms with van der Waals surface area (Å²) in [7, 11) is -3.75. The molecule has 2 amide bonds. The number of aryl methyl sites for hydroxylation is 1. The Kier molecular flexibility index (Phi) is 6.98. The number of benzene rings is 2. The molecule has 2 aromatic rings. The van der Waals surface area contributed by atoms with Crippen LogP contribution < -0.4 is 14.5 Å². The van der Waals surface area contributed by atoms with Crippen molar-refractivity contribution in [2.45, 2.75) is 37.5 Å². The van der Waals surface area contributed by atoms with Gasteiger partial charge < -0.3 is 14.7 Å². The molecule has 0 aromatic heterocycles. The van der Waals surface area contributed by atoms with E-state index < -0.39 is 10.0 Å². The highest BCUT2D eigenvalue weighted by molar-refractivity contribution is 7.89. The van der Waals surface area contributed by atoms with Crippen LogP contribution in [0.1, 0.15) is 30.4 Å². The Morgan fingerprint density at radius 2 is 1.75 bits per heavy atom. The maximum atomic E-state index is 12.8. The minimum atomic E-state index is -3.75. The maximum Gasteiger partial charge on any atom is 0.240 e. The first-order chi connectivity index (χ1) is 17.2. The normalized spacial score (nSPS) is 17.9. The number of nitrogens with zero attached hydrogens (tertiary/aromatic N) is 3. The van der Waals surface area contributed by atoms with Crippen LogP contribution in [0.3, 0.4) is 0 Å². The van der Waals surface area contributed by atoms with Gasteiger partial charge in [-0.3, -0.25) is 9.59 Å². The first-order valence-electron chi connectivity index (χ1n) is 12.5. The highest BCUT2D eigenvalue weighted by Crippen LogP contribution is 2.37. The van der Waals surface area contributed by atoms with Crippen LogP contribution in [0.4, 0.5) is 11.4 Å². The molecule has 0 radical (unpaired) electrons. The smallest absolute Gasteiger partial charge is 0.240 e. The highest BCUT2D eigenvalue weighted by Gasteiger charge is 2.36. The molecule has 1 aliphatic carbocycles. The van der Waals surface area contributed by atoms with Crippen LogP contribution in [0.2, 0.25) is 5.02 Å². The van der Waals surface area contributed by atoms with Crippen molar-refractivity contribution in [3.63, 3.8) is 0 Å². The van der Waals surface area contributed by atoms with E-state index in [9.17, 15) is 18.0 Å². The first-order valence-corrected chi connectivity index (χ1v) is 14.3. The number of nitrogens with one attached hydrogen (secondary N) is 1. The zero-order valence-electron chi connectivity index (χ0n) is 20.4. The Bertz CT molecular complexity index is 1290. The second-order valence-corrected chi connectivity index (χ2v) is 12.0. The summed E-state index contributed by atoms with van der Waals surface area (Å²) >= 11 is 6.15. The molecule has 1 saturated carbocycles. The fraction of sp³-hybridized carbons (Fsp3) is 0.462. The standard InChI is InChI=1S/C26H31ClN4O4S/c1-18-2-5-21(27)17-24(18)29-12-14-30(15-13-29)25(32)8-10-28-36(34,35)22-6-7-23-20(16-22)9-11-31(23)26(33)19-3-4-19/h2,5-7,16-17,19,28H,3-4,8-15H2,1H3. The van der Waals surface area contributed by atoms with E-state index in [0.29, 0.717) is 44.2 Å². The Hall–Kier alpha value is -2.62. The lowest BCUT2D eigenvalue weighted by Crippen LogP contribution is -2.49. The minimum Gasteiger partial charge on any atom is -0.368 e. The van der Waals surface area contributed by atoms with Gasteiger partial charge in [0.25, 0.3) is 0 Å². The number of amides is 2. The summed E-state index contributed by atoms with van der Waals surface area (Å²) in [5.41, 5.74) is 3.91. The molecule has 36 heavy (non-hydrogen) atoms. The fourth-order valence-corrected chi connectivity index (χ4v) is 6.23. The molecule has 0 spiro atoms. The van der Waals surface area contributed by atoms with E-state index in [2.05, 4.69) is 9.62 Å². The first kappa shape index (κ1) is 25.0. The van der Waals surface area contributed by atoms with Crippen LogP contribution in [0.25, 0.3) is 0 Å². The second kappa shape index (κ2) is 10.0. The summed E-state index contributed by atoms with van der Waals surface area (Å²) in [4.78, 5) is 31.1. The third-order valence-electron chi connectivity index (χ3n) is 7.22. The Morgan fingerprint density at radius 3 is 2.47 bits per heavy atom. The zero-order chi connectivity index (χ0) is 25.4. The van der Waals surface area contributed by atoms with Gasteiger partial charge in [0, 0.05) is 68.0 Å². The molecule has 192 valence electrons. The van der Waals surface area contributed by atoms with Crippen molar-refractivity contribution < 1.29 is 18.0 Å². The van der Waals surface area contributed by atoms with Crippen LogP contribution in [0, 0.1) is 12.8 Å². The van der Waals surface area contributed by atoms with Crippen LogP contribution in [-0.4, -0.2) is 64.4 Å². The Morgan fingerprint density at radius 1 is 1.00 bits per heavy atom. The van der Waals surface area contributed by atoms with Gasteiger partial charge in [0.05, 0.1) is 4.90 Å². The van der Waals surface area contributed by atoms with Crippen molar-refractivity contribution in [3.05, 3.63) is 52.5 Å². The molecule has 5 rings (SSSR count). The molecule has 1 saturated heterocycles. The topological polar surface area (TPSA) is 90.0 Å². The van der Waals surface area contributed by atoms with Gasteiger partial charge in [-0.05, 0) is 67.6 Å². The number of sulfonamides is 1. The molecule has 3 aliphatic rings. The van der Waals surface area contributed by atoms with E-state index >= 15 is 0 Å². The van der Waals surface area contributed by atoms with Gasteiger partial charge in [0.15, 0.2) is 0 Å². The average molecular weight is 531 g/mol. The van der Waals surface area contributed by atoms with E-state index in [-0.39, 0.29) is 35.6 Å². The number of anilines is 2. The van der Waals surface area contributed by atoms with E-state index in [1.807, 2.05) is 25.1 Å². The van der Waals surface area contributed by atoms with Crippen LogP contribution >= 0.6 is 11.6 Å². The fourth-order valence-electron chi connectivity index (χ4n) is 4.98. The number of rotatable bonds is 7. The summed E-state index contributed by atoms with van der Waals surface area (Å²) in [6.07, 6.45) is 2.63. The second-order valence-electron chi connectivity index (χ2n) is 9.75. The summed E-state index contributed by atoms with van der Waals surface area (Å²) < 4.78 is 28.3. The van der Waals surface area contributed by atoms with E-state index in [0.717, 1.165) is 35.3 Å². The summed E-state index contributed by atoms with van der Waals surface area (Å²) in [5.74, 6) is 0.204. The molecule has 1 N–H and O–H groups in total. The van der Waals surface area contributed by atoms with Crippen LogP contribution in [0.15, 0.2) is 41.3 Å². The monoisotopic (exact) mass is 530 g/mol. The lowest BCUT2D eigenvalue weighted by atomic mass is 10.1. The molecular weight excluding hydrogens is 500 g/mol. The highest BCUT2D eigenvalue weighted by atomic mass is 35.5. The number of piperazine rings is 1. The predicted molar refractivity (Wildman–Crippen MR) is 140 cm³/mol. The molecule has 0 bridgehead atoms. The molecular formula is C26H31ClN4O4S. The van der Waals surface area contributed by atoms with E-state index in [1.54, 1.807) is 28.0 Å². The lowest BCUT2D eigenvalue weighted by molar-refractivity contribution is -0.131. The van der Waals surface area contributed by atoms with Crippen molar-refractivity contribution in [1.82, 2.24) is 9.62 Å². The number of carbonyl (C=O) groups is 2. The van der Waals surface area contributed by atoms with Crippen molar-refractivity contribution in [3.8, 4) is 0 Å². The third kappa shape index (κ3) is 5.23. The quantitative estimate of drug-likeness (QED) is 0.594. The summed E-state index contributed by atoms with van der Waals surface area (Å²) in [6.45, 7) is 5.25. The molecule has 0 unspecified atom stereocenters. The third-order valence-corrected chi connectivity index (χ3v) is 8.92. The number of hydrogen-bond donors (Lipinski definition) is 1. The SMILES string of the molecule is Cc1ccc(Cl)cc1N1CCN(C(=O)CCNS(=O)(=O)c2ccc3c(c2)CCN3C(=O)C2CC2)CC1. The van der Waals surface area contributed by atoms with Crippen LogP contribution in [0.5, 0.6) is 0 Å². The Balaban J connectivity index is 1.12. The molecule has 2 heterocycles. The van der Waals surface area contributed by atoms with E-state index in [1.165, 1.54) is 0 Å². The largest absolute Gasteiger partial charge is 0.368 e. The zero-order valence-corrected chi connectivity index (χ0v) is 21.9. The maximum absolute atomic E-state index is 12.8. The van der Waals surface area contributed by atoms with Crippen LogP contribution in [-0.2, 0) is 26.0 Å². The van der Waals surface area contributed by atoms with Gasteiger partial charge in [-0.25, -0.2) is 13.1 Å². The lowest BCUT2D eigenvalue weighted by Gasteiger charge is -2.37. The summed E-state index contributed by atoms with van der Waals surface area (Å²) in [6, 6.07) is 10.7. The Labute approximate surface area is 217 Å². The number of halogens is 1. The van der Waals surface area contributed by atoms with E-state index in [4.69, 9.17) is 11.6 Å². The number of carbonyl (C=O) groups excluding carboxylic acids is 2. The molecule has 2 aromatic carbocycles. The molecule has 10 heteroatoms. The molecule has 2 aliphatic heterocycles.